The monoisotopic (exact) mass is 337 g/mol. The van der Waals surface area contributed by atoms with Crippen LogP contribution in [0.2, 0.25) is 5.02 Å². The van der Waals surface area contributed by atoms with Crippen LogP contribution in [0, 0.1) is 0 Å². The van der Waals surface area contributed by atoms with Crippen molar-refractivity contribution < 1.29 is 9.84 Å². The highest BCUT2D eigenvalue weighted by Crippen LogP contribution is 2.19. The summed E-state index contributed by atoms with van der Waals surface area (Å²) < 4.78 is 5.50. The predicted molar refractivity (Wildman–Crippen MR) is 93.0 cm³/mol. The van der Waals surface area contributed by atoms with Gasteiger partial charge in [0.25, 0.3) is 0 Å². The highest BCUT2D eigenvalue weighted by molar-refractivity contribution is 7.99. The second-order valence-corrected chi connectivity index (χ2v) is 6.39. The molecular weight excluding hydrogens is 318 g/mol. The Balaban J connectivity index is 1.53. The predicted octanol–water partition coefficient (Wildman–Crippen LogP) is 3.46. The van der Waals surface area contributed by atoms with Gasteiger partial charge in [-0.2, -0.15) is 0 Å². The average Bonchev–Trinajstić information content (AvgIpc) is 2.55. The van der Waals surface area contributed by atoms with Gasteiger partial charge in [-0.3, -0.25) is 0 Å². The highest BCUT2D eigenvalue weighted by Gasteiger charge is 2.04. The summed E-state index contributed by atoms with van der Waals surface area (Å²) >= 11 is 7.60. The maximum absolute atomic E-state index is 9.85. The van der Waals surface area contributed by atoms with Crippen LogP contribution in [0.3, 0.4) is 0 Å². The van der Waals surface area contributed by atoms with E-state index in [9.17, 15) is 5.11 Å². The Morgan fingerprint density at radius 3 is 2.55 bits per heavy atom. The molecule has 0 amide bonds. The molecule has 1 atom stereocenters. The van der Waals surface area contributed by atoms with E-state index in [0.717, 1.165) is 23.1 Å². The van der Waals surface area contributed by atoms with Gasteiger partial charge >= 0.3 is 0 Å². The lowest BCUT2D eigenvalue weighted by molar-refractivity contribution is 0.107. The molecule has 2 aromatic carbocycles. The number of nitrogens with one attached hydrogen (secondary N) is 1. The largest absolute Gasteiger partial charge is 0.491 e. The molecule has 0 spiro atoms. The van der Waals surface area contributed by atoms with Gasteiger partial charge < -0.3 is 15.2 Å². The lowest BCUT2D eigenvalue weighted by atomic mass is 10.3. The van der Waals surface area contributed by atoms with Crippen molar-refractivity contribution in [2.24, 2.45) is 0 Å². The van der Waals surface area contributed by atoms with Crippen molar-refractivity contribution in [3.63, 3.8) is 0 Å². The third kappa shape index (κ3) is 6.71. The van der Waals surface area contributed by atoms with Crippen LogP contribution in [0.5, 0.6) is 5.75 Å². The van der Waals surface area contributed by atoms with E-state index in [4.69, 9.17) is 16.3 Å². The van der Waals surface area contributed by atoms with Gasteiger partial charge in [-0.15, -0.1) is 11.8 Å². The fraction of sp³-hybridized carbons (Fsp3) is 0.294. The fourth-order valence-corrected chi connectivity index (χ4v) is 2.75. The second kappa shape index (κ2) is 9.74. The van der Waals surface area contributed by atoms with Crippen molar-refractivity contribution in [1.29, 1.82) is 0 Å². The molecule has 0 aliphatic heterocycles. The Morgan fingerprint density at radius 2 is 1.82 bits per heavy atom. The number of aliphatic hydroxyl groups is 1. The van der Waals surface area contributed by atoms with Crippen LogP contribution in [0.25, 0.3) is 0 Å². The van der Waals surface area contributed by atoms with E-state index in [1.54, 1.807) is 11.8 Å². The van der Waals surface area contributed by atoms with Gasteiger partial charge in [0.05, 0.1) is 0 Å². The van der Waals surface area contributed by atoms with Gasteiger partial charge in [-0.25, -0.2) is 0 Å². The average molecular weight is 338 g/mol. The number of para-hydroxylation sites is 1. The van der Waals surface area contributed by atoms with E-state index in [1.165, 1.54) is 4.90 Å². The van der Waals surface area contributed by atoms with Crippen LogP contribution in [0.1, 0.15) is 0 Å². The van der Waals surface area contributed by atoms with E-state index in [0.29, 0.717) is 13.2 Å². The lowest BCUT2D eigenvalue weighted by Crippen LogP contribution is -2.32. The molecule has 0 bridgehead atoms. The maximum atomic E-state index is 9.85. The van der Waals surface area contributed by atoms with E-state index in [-0.39, 0.29) is 0 Å². The number of thioether (sulfide) groups is 1. The van der Waals surface area contributed by atoms with Crippen LogP contribution in [-0.2, 0) is 0 Å². The van der Waals surface area contributed by atoms with Crippen LogP contribution in [0.15, 0.2) is 59.5 Å². The second-order valence-electron chi connectivity index (χ2n) is 4.78. The Bertz CT molecular complexity index is 536. The SMILES string of the molecule is O[C@@H](CNCCSc1ccc(Cl)cc1)COc1ccccc1. The van der Waals surface area contributed by atoms with E-state index >= 15 is 0 Å². The first-order chi connectivity index (χ1) is 10.7. The number of hydrogen-bond donors (Lipinski definition) is 2. The quantitative estimate of drug-likeness (QED) is 0.543. The number of aliphatic hydroxyl groups excluding tert-OH is 1. The lowest BCUT2D eigenvalue weighted by Gasteiger charge is -2.13. The zero-order valence-electron chi connectivity index (χ0n) is 12.2. The molecule has 3 nitrogen and oxygen atoms in total. The molecule has 2 rings (SSSR count). The molecule has 2 aromatic rings. The fourth-order valence-electron chi connectivity index (χ4n) is 1.81. The topological polar surface area (TPSA) is 41.5 Å². The zero-order chi connectivity index (χ0) is 15.6. The van der Waals surface area contributed by atoms with Gasteiger partial charge in [0.1, 0.15) is 18.5 Å². The third-order valence-electron chi connectivity index (χ3n) is 2.93. The molecule has 22 heavy (non-hydrogen) atoms. The first-order valence-electron chi connectivity index (χ1n) is 7.19. The van der Waals surface area contributed by atoms with Gasteiger partial charge in [-0.05, 0) is 36.4 Å². The van der Waals surface area contributed by atoms with Crippen molar-refractivity contribution in [3.8, 4) is 5.75 Å². The van der Waals surface area contributed by atoms with Crippen LogP contribution < -0.4 is 10.1 Å². The first-order valence-corrected chi connectivity index (χ1v) is 8.55. The summed E-state index contributed by atoms with van der Waals surface area (Å²) in [6, 6.07) is 17.3. The van der Waals surface area contributed by atoms with Gasteiger partial charge in [-0.1, -0.05) is 29.8 Å². The molecular formula is C17H20ClNO2S. The maximum Gasteiger partial charge on any atom is 0.119 e. The third-order valence-corrected chi connectivity index (χ3v) is 4.19. The standard InChI is InChI=1S/C17H20ClNO2S/c18-14-6-8-17(9-7-14)22-11-10-19-12-15(20)13-21-16-4-2-1-3-5-16/h1-9,15,19-20H,10-13H2/t15-/m0/s1. The number of benzene rings is 2. The Morgan fingerprint density at radius 1 is 1.09 bits per heavy atom. The summed E-state index contributed by atoms with van der Waals surface area (Å²) in [4.78, 5) is 1.19. The molecule has 2 N–H and O–H groups in total. The Labute approximate surface area is 140 Å². The summed E-state index contributed by atoms with van der Waals surface area (Å²) in [7, 11) is 0. The minimum atomic E-state index is -0.513. The number of ether oxygens (including phenoxy) is 1. The molecule has 0 saturated heterocycles. The first kappa shape index (κ1) is 17.2. The van der Waals surface area contributed by atoms with Gasteiger partial charge in [0.2, 0.25) is 0 Å². The summed E-state index contributed by atoms with van der Waals surface area (Å²) in [5, 5.41) is 13.8. The Kier molecular flexibility index (Phi) is 7.60. The van der Waals surface area contributed by atoms with Crippen molar-refractivity contribution in [1.82, 2.24) is 5.32 Å². The van der Waals surface area contributed by atoms with Crippen molar-refractivity contribution in [3.05, 3.63) is 59.6 Å². The molecule has 118 valence electrons. The van der Waals surface area contributed by atoms with Crippen LogP contribution >= 0.6 is 23.4 Å². The van der Waals surface area contributed by atoms with Crippen molar-refractivity contribution in [2.75, 3.05) is 25.4 Å². The molecule has 0 saturated carbocycles. The summed E-state index contributed by atoms with van der Waals surface area (Å²) in [6.07, 6.45) is -0.513. The Hall–Kier alpha value is -1.20. The molecule has 0 fully saturated rings. The highest BCUT2D eigenvalue weighted by atomic mass is 35.5. The molecule has 5 heteroatoms. The van der Waals surface area contributed by atoms with E-state index in [2.05, 4.69) is 5.32 Å². The normalized spacial score (nSPS) is 12.1. The summed E-state index contributed by atoms with van der Waals surface area (Å²) in [6.45, 7) is 1.64. The summed E-state index contributed by atoms with van der Waals surface area (Å²) in [5.74, 6) is 1.72. The van der Waals surface area contributed by atoms with Gasteiger partial charge in [0, 0.05) is 28.8 Å². The molecule has 0 aliphatic carbocycles. The molecule has 0 aliphatic rings. The molecule has 0 aromatic heterocycles. The minimum Gasteiger partial charge on any atom is -0.491 e. The molecule has 0 heterocycles. The number of rotatable bonds is 9. The van der Waals surface area contributed by atoms with Crippen LogP contribution in [0.4, 0.5) is 0 Å². The minimum absolute atomic E-state index is 0.293. The van der Waals surface area contributed by atoms with Gasteiger partial charge in [0.15, 0.2) is 0 Å². The smallest absolute Gasteiger partial charge is 0.119 e. The molecule has 0 unspecified atom stereocenters. The zero-order valence-corrected chi connectivity index (χ0v) is 13.8. The van der Waals surface area contributed by atoms with E-state index < -0.39 is 6.10 Å². The summed E-state index contributed by atoms with van der Waals surface area (Å²) in [5.41, 5.74) is 0. The number of halogens is 1. The van der Waals surface area contributed by atoms with Crippen molar-refractivity contribution >= 4 is 23.4 Å². The van der Waals surface area contributed by atoms with Crippen LogP contribution in [-0.4, -0.2) is 36.7 Å². The van der Waals surface area contributed by atoms with Crippen molar-refractivity contribution in [2.45, 2.75) is 11.0 Å². The number of hydrogen-bond acceptors (Lipinski definition) is 4. The van der Waals surface area contributed by atoms with E-state index in [1.807, 2.05) is 54.6 Å². The molecule has 0 radical (unpaired) electrons.